The van der Waals surface area contributed by atoms with Gasteiger partial charge in [-0.25, -0.2) is 0 Å². The first-order chi connectivity index (χ1) is 6.29. The van der Waals surface area contributed by atoms with Gasteiger partial charge in [-0.3, -0.25) is 0 Å². The molecular weight excluding hydrogens is 158 g/mol. The van der Waals surface area contributed by atoms with Gasteiger partial charge in [0, 0.05) is 12.1 Å². The van der Waals surface area contributed by atoms with Crippen molar-refractivity contribution >= 4 is 0 Å². The SMILES string of the molecule is C=CCC(C)NC1CC2CCC1C2. The smallest absolute Gasteiger partial charge is 0.0101 e. The Hall–Kier alpha value is -0.300. The van der Waals surface area contributed by atoms with E-state index in [2.05, 4.69) is 18.8 Å². The van der Waals surface area contributed by atoms with E-state index in [-0.39, 0.29) is 0 Å². The maximum absolute atomic E-state index is 3.78. The first-order valence-corrected chi connectivity index (χ1v) is 5.66. The summed E-state index contributed by atoms with van der Waals surface area (Å²) >= 11 is 0. The number of nitrogens with one attached hydrogen (secondary N) is 1. The molecule has 0 aliphatic heterocycles. The largest absolute Gasteiger partial charge is 0.311 e. The van der Waals surface area contributed by atoms with E-state index in [1.54, 1.807) is 0 Å². The summed E-state index contributed by atoms with van der Waals surface area (Å²) in [5, 5.41) is 3.74. The second kappa shape index (κ2) is 3.83. The topological polar surface area (TPSA) is 12.0 Å². The lowest BCUT2D eigenvalue weighted by atomic mass is 9.94. The third-order valence-electron chi connectivity index (χ3n) is 3.76. The van der Waals surface area contributed by atoms with E-state index >= 15 is 0 Å². The van der Waals surface area contributed by atoms with Gasteiger partial charge in [0.15, 0.2) is 0 Å². The fourth-order valence-electron chi connectivity index (χ4n) is 3.13. The van der Waals surface area contributed by atoms with Gasteiger partial charge in [-0.15, -0.1) is 6.58 Å². The molecule has 2 aliphatic rings. The van der Waals surface area contributed by atoms with Crippen molar-refractivity contribution in [2.24, 2.45) is 11.8 Å². The summed E-state index contributed by atoms with van der Waals surface area (Å²) < 4.78 is 0. The molecule has 13 heavy (non-hydrogen) atoms. The number of hydrogen-bond acceptors (Lipinski definition) is 1. The number of fused-ring (bicyclic) bond motifs is 2. The molecule has 2 aliphatic carbocycles. The van der Waals surface area contributed by atoms with Crippen LogP contribution < -0.4 is 5.32 Å². The molecular formula is C12H21N. The van der Waals surface area contributed by atoms with Crippen molar-refractivity contribution in [1.29, 1.82) is 0 Å². The van der Waals surface area contributed by atoms with Crippen LogP contribution in [-0.4, -0.2) is 12.1 Å². The van der Waals surface area contributed by atoms with Gasteiger partial charge in [0.25, 0.3) is 0 Å². The van der Waals surface area contributed by atoms with Crippen molar-refractivity contribution in [2.75, 3.05) is 0 Å². The van der Waals surface area contributed by atoms with Crippen molar-refractivity contribution < 1.29 is 0 Å². The van der Waals surface area contributed by atoms with E-state index in [0.717, 1.165) is 24.3 Å². The van der Waals surface area contributed by atoms with Gasteiger partial charge < -0.3 is 5.32 Å². The van der Waals surface area contributed by atoms with Crippen LogP contribution in [0.5, 0.6) is 0 Å². The Bertz CT molecular complexity index is 188. The van der Waals surface area contributed by atoms with Crippen molar-refractivity contribution in [1.82, 2.24) is 5.32 Å². The van der Waals surface area contributed by atoms with E-state index in [0.29, 0.717) is 6.04 Å². The first-order valence-electron chi connectivity index (χ1n) is 5.66. The highest BCUT2D eigenvalue weighted by Gasteiger charge is 2.39. The third-order valence-corrected chi connectivity index (χ3v) is 3.76. The Balaban J connectivity index is 1.79. The minimum atomic E-state index is 0.627. The summed E-state index contributed by atoms with van der Waals surface area (Å²) in [6.45, 7) is 6.05. The highest BCUT2D eigenvalue weighted by molar-refractivity contribution is 4.95. The van der Waals surface area contributed by atoms with E-state index < -0.39 is 0 Å². The van der Waals surface area contributed by atoms with Crippen molar-refractivity contribution in [3.63, 3.8) is 0 Å². The predicted octanol–water partition coefficient (Wildman–Crippen LogP) is 2.73. The van der Waals surface area contributed by atoms with E-state index in [9.17, 15) is 0 Å². The second-order valence-electron chi connectivity index (χ2n) is 4.87. The van der Waals surface area contributed by atoms with Crippen LogP contribution >= 0.6 is 0 Å². The highest BCUT2D eigenvalue weighted by Crippen LogP contribution is 2.44. The molecule has 0 aromatic heterocycles. The van der Waals surface area contributed by atoms with Crippen molar-refractivity contribution in [3.05, 3.63) is 12.7 Å². The molecule has 2 saturated carbocycles. The van der Waals surface area contributed by atoms with Gasteiger partial charge in [-0.05, 0) is 44.4 Å². The lowest BCUT2D eigenvalue weighted by Crippen LogP contribution is -2.39. The van der Waals surface area contributed by atoms with Crippen LogP contribution in [0.3, 0.4) is 0 Å². The molecule has 0 aromatic carbocycles. The maximum atomic E-state index is 3.78. The summed E-state index contributed by atoms with van der Waals surface area (Å²) in [6, 6.07) is 1.45. The molecule has 4 atom stereocenters. The molecule has 0 saturated heterocycles. The molecule has 0 aromatic rings. The second-order valence-corrected chi connectivity index (χ2v) is 4.87. The molecule has 1 N–H and O–H groups in total. The first kappa shape index (κ1) is 9.26. The van der Waals surface area contributed by atoms with E-state index in [1.807, 2.05) is 6.08 Å². The highest BCUT2D eigenvalue weighted by atomic mass is 15.0. The third kappa shape index (κ3) is 1.96. The zero-order valence-electron chi connectivity index (χ0n) is 8.63. The van der Waals surface area contributed by atoms with Crippen LogP contribution in [0, 0.1) is 11.8 Å². The number of hydrogen-bond donors (Lipinski definition) is 1. The quantitative estimate of drug-likeness (QED) is 0.654. The Labute approximate surface area is 81.6 Å². The molecule has 4 unspecified atom stereocenters. The Morgan fingerprint density at radius 1 is 1.46 bits per heavy atom. The fourth-order valence-corrected chi connectivity index (χ4v) is 3.13. The summed E-state index contributed by atoms with van der Waals surface area (Å²) in [4.78, 5) is 0. The van der Waals surface area contributed by atoms with Gasteiger partial charge in [0.2, 0.25) is 0 Å². The van der Waals surface area contributed by atoms with Gasteiger partial charge in [-0.1, -0.05) is 12.5 Å². The lowest BCUT2D eigenvalue weighted by Gasteiger charge is -2.26. The number of rotatable bonds is 4. The average molecular weight is 179 g/mol. The summed E-state index contributed by atoms with van der Waals surface area (Å²) in [5.41, 5.74) is 0. The van der Waals surface area contributed by atoms with Gasteiger partial charge >= 0.3 is 0 Å². The molecule has 1 nitrogen and oxygen atoms in total. The van der Waals surface area contributed by atoms with Crippen LogP contribution in [-0.2, 0) is 0 Å². The lowest BCUT2D eigenvalue weighted by molar-refractivity contribution is 0.325. The fraction of sp³-hybridized carbons (Fsp3) is 0.833. The Morgan fingerprint density at radius 3 is 2.85 bits per heavy atom. The normalized spacial score (nSPS) is 39.3. The molecule has 2 rings (SSSR count). The van der Waals surface area contributed by atoms with Gasteiger partial charge in [0.05, 0.1) is 0 Å². The monoisotopic (exact) mass is 179 g/mol. The van der Waals surface area contributed by atoms with E-state index in [1.165, 1.54) is 25.7 Å². The minimum absolute atomic E-state index is 0.627. The molecule has 2 fully saturated rings. The van der Waals surface area contributed by atoms with Crippen LogP contribution in [0.1, 0.15) is 39.0 Å². The summed E-state index contributed by atoms with van der Waals surface area (Å²) in [5.74, 6) is 2.05. The van der Waals surface area contributed by atoms with Crippen LogP contribution in [0.4, 0.5) is 0 Å². The maximum Gasteiger partial charge on any atom is 0.0101 e. The minimum Gasteiger partial charge on any atom is -0.311 e. The molecule has 0 heterocycles. The summed E-state index contributed by atoms with van der Waals surface area (Å²) in [7, 11) is 0. The molecule has 1 heteroatoms. The molecule has 0 radical (unpaired) electrons. The van der Waals surface area contributed by atoms with E-state index in [4.69, 9.17) is 0 Å². The molecule has 0 amide bonds. The molecule has 0 spiro atoms. The van der Waals surface area contributed by atoms with Crippen LogP contribution in [0.2, 0.25) is 0 Å². The van der Waals surface area contributed by atoms with Gasteiger partial charge in [0.1, 0.15) is 0 Å². The van der Waals surface area contributed by atoms with Crippen LogP contribution in [0.15, 0.2) is 12.7 Å². The summed E-state index contributed by atoms with van der Waals surface area (Å²) in [6.07, 6.45) is 9.03. The Kier molecular flexibility index (Phi) is 2.73. The average Bonchev–Trinajstić information content (AvgIpc) is 2.65. The standard InChI is InChI=1S/C12H21N/c1-3-4-9(2)13-12-8-10-5-6-11(12)7-10/h3,9-13H,1,4-8H2,2H3. The molecule has 74 valence electrons. The zero-order chi connectivity index (χ0) is 9.26. The van der Waals surface area contributed by atoms with Crippen LogP contribution in [0.25, 0.3) is 0 Å². The zero-order valence-corrected chi connectivity index (χ0v) is 8.63. The van der Waals surface area contributed by atoms with Crippen molar-refractivity contribution in [2.45, 2.75) is 51.1 Å². The Morgan fingerprint density at radius 2 is 2.31 bits per heavy atom. The predicted molar refractivity (Wildman–Crippen MR) is 56.6 cm³/mol. The van der Waals surface area contributed by atoms with Crippen molar-refractivity contribution in [3.8, 4) is 0 Å². The molecule has 2 bridgehead atoms. The van der Waals surface area contributed by atoms with Gasteiger partial charge in [-0.2, -0.15) is 0 Å².